The number of amides is 1. The predicted molar refractivity (Wildman–Crippen MR) is 218 cm³/mol. The van der Waals surface area contributed by atoms with Crippen LogP contribution in [0, 0.1) is 28.4 Å². The molecular formula is C47H49F2NO14. The molecule has 4 N–H and O–H groups in total. The first kappa shape index (κ1) is 46.1. The number of carbonyl (C=O) groups is 6. The SMILES string of the molecule is CC(=O)O[C@H]1C(=O)[C@@]2(C)[C@H]([C@H](OC(=O)c3ccccc3)[C@]3(O)C[C@H](OC(=O)[C@H](O)[C@@H](NC(=O)c4ccc(F)cc4F)c4ccccc4)C(C)=C1C3(C)C)[C@]1(OC(C)=O)CO[C@@H]1C[C@@H]2O. The van der Waals surface area contributed by atoms with Gasteiger partial charge in [-0.15, -0.1) is 0 Å². The van der Waals surface area contributed by atoms with Crippen molar-refractivity contribution in [2.45, 2.75) is 108 Å². The van der Waals surface area contributed by atoms with Gasteiger partial charge in [0.15, 0.2) is 23.6 Å². The van der Waals surface area contributed by atoms with E-state index in [0.717, 1.165) is 26.0 Å². The fourth-order valence-corrected chi connectivity index (χ4v) is 10.3. The maximum Gasteiger partial charge on any atom is 0.338 e. The summed E-state index contributed by atoms with van der Waals surface area (Å²) in [6.07, 6.45) is -11.2. The number of halogens is 2. The maximum absolute atomic E-state index is 15.5. The Bertz CT molecular complexity index is 2410. The second-order valence-electron chi connectivity index (χ2n) is 17.6. The van der Waals surface area contributed by atoms with Gasteiger partial charge < -0.3 is 44.3 Å². The van der Waals surface area contributed by atoms with E-state index in [1.807, 2.05) is 0 Å². The average molecular weight is 890 g/mol. The topological polar surface area (TPSA) is 221 Å². The number of benzene rings is 3. The van der Waals surface area contributed by atoms with Gasteiger partial charge in [-0.25, -0.2) is 18.4 Å². The minimum absolute atomic E-state index is 0.0273. The minimum atomic E-state index is -2.47. The van der Waals surface area contributed by atoms with E-state index in [1.54, 1.807) is 36.4 Å². The third kappa shape index (κ3) is 7.57. The van der Waals surface area contributed by atoms with Crippen LogP contribution in [-0.4, -0.2) is 105 Å². The van der Waals surface area contributed by atoms with Crippen LogP contribution in [0.3, 0.4) is 0 Å². The van der Waals surface area contributed by atoms with Gasteiger partial charge in [0.05, 0.1) is 41.2 Å². The third-order valence-electron chi connectivity index (χ3n) is 13.6. The monoisotopic (exact) mass is 889 g/mol. The van der Waals surface area contributed by atoms with Gasteiger partial charge in [0.2, 0.25) is 0 Å². The van der Waals surface area contributed by atoms with Gasteiger partial charge in [0.1, 0.15) is 35.5 Å². The number of aliphatic hydroxyl groups excluding tert-OH is 2. The van der Waals surface area contributed by atoms with E-state index >= 15 is 4.79 Å². The highest BCUT2D eigenvalue weighted by Gasteiger charge is 2.78. The lowest BCUT2D eigenvalue weighted by molar-refractivity contribution is -0.346. The number of fused-ring (bicyclic) bond motifs is 5. The number of hydrogen-bond acceptors (Lipinski definition) is 14. The lowest BCUT2D eigenvalue weighted by Gasteiger charge is -2.67. The number of Topliss-reactive ketones (excluding diaryl/α,β-unsaturated/α-hetero) is 1. The molecule has 3 aromatic carbocycles. The van der Waals surface area contributed by atoms with Crippen LogP contribution in [0.1, 0.15) is 86.7 Å². The molecule has 11 atom stereocenters. The number of ether oxygens (including phenoxy) is 5. The molecule has 2 saturated carbocycles. The van der Waals surface area contributed by atoms with Crippen molar-refractivity contribution in [3.8, 4) is 0 Å². The van der Waals surface area contributed by atoms with Crippen LogP contribution in [0.4, 0.5) is 8.78 Å². The fourth-order valence-electron chi connectivity index (χ4n) is 10.3. The van der Waals surface area contributed by atoms with E-state index in [0.29, 0.717) is 6.07 Å². The van der Waals surface area contributed by atoms with E-state index in [1.165, 1.54) is 52.0 Å². The number of rotatable bonds is 10. The Morgan fingerprint density at radius 2 is 1.53 bits per heavy atom. The van der Waals surface area contributed by atoms with Crippen molar-refractivity contribution in [3.05, 3.63) is 118 Å². The summed E-state index contributed by atoms with van der Waals surface area (Å²) in [7, 11) is 0. The molecule has 0 aromatic heterocycles. The van der Waals surface area contributed by atoms with Crippen LogP contribution in [-0.2, 0) is 42.9 Å². The van der Waals surface area contributed by atoms with Crippen LogP contribution >= 0.6 is 0 Å². The molecule has 3 aromatic rings. The van der Waals surface area contributed by atoms with E-state index < -0.39 is 130 Å². The summed E-state index contributed by atoms with van der Waals surface area (Å²) in [6, 6.07) is 16.0. The van der Waals surface area contributed by atoms with Crippen molar-refractivity contribution in [1.82, 2.24) is 5.32 Å². The first-order valence-corrected chi connectivity index (χ1v) is 20.7. The van der Waals surface area contributed by atoms with Gasteiger partial charge in [-0.05, 0) is 54.8 Å². The van der Waals surface area contributed by atoms with Crippen LogP contribution < -0.4 is 5.32 Å². The van der Waals surface area contributed by atoms with Gasteiger partial charge >= 0.3 is 23.9 Å². The molecule has 1 heterocycles. The highest BCUT2D eigenvalue weighted by Crippen LogP contribution is 2.64. The Morgan fingerprint density at radius 3 is 2.11 bits per heavy atom. The summed E-state index contributed by atoms with van der Waals surface area (Å²) in [6.45, 7) is 7.65. The van der Waals surface area contributed by atoms with Gasteiger partial charge in [-0.2, -0.15) is 0 Å². The average Bonchev–Trinajstić information content (AvgIpc) is 3.23. The smallest absolute Gasteiger partial charge is 0.338 e. The zero-order valence-electron chi connectivity index (χ0n) is 35.8. The molecule has 1 saturated heterocycles. The van der Waals surface area contributed by atoms with Crippen LogP contribution in [0.15, 0.2) is 90.0 Å². The zero-order valence-corrected chi connectivity index (χ0v) is 35.8. The van der Waals surface area contributed by atoms with Crippen LogP contribution in [0.5, 0.6) is 0 Å². The zero-order chi connectivity index (χ0) is 46.7. The van der Waals surface area contributed by atoms with Crippen molar-refractivity contribution in [2.75, 3.05) is 6.61 Å². The van der Waals surface area contributed by atoms with Crippen LogP contribution in [0.2, 0.25) is 0 Å². The number of hydrogen-bond donors (Lipinski definition) is 4. The van der Waals surface area contributed by atoms with Crippen molar-refractivity contribution in [3.63, 3.8) is 0 Å². The largest absolute Gasteiger partial charge is 0.456 e. The predicted octanol–water partition coefficient (Wildman–Crippen LogP) is 4.01. The highest BCUT2D eigenvalue weighted by atomic mass is 19.1. The van der Waals surface area contributed by atoms with E-state index in [9.17, 15) is 48.1 Å². The number of aliphatic hydroxyl groups is 3. The molecule has 3 fully saturated rings. The summed E-state index contributed by atoms with van der Waals surface area (Å²) in [5, 5.41) is 39.9. The van der Waals surface area contributed by atoms with Crippen molar-refractivity contribution < 1.29 is 76.6 Å². The molecule has 17 heteroatoms. The highest BCUT2D eigenvalue weighted by molar-refractivity contribution is 5.96. The Kier molecular flexibility index (Phi) is 12.2. The summed E-state index contributed by atoms with van der Waals surface area (Å²) in [5.74, 6) is -9.91. The summed E-state index contributed by atoms with van der Waals surface area (Å²) >= 11 is 0. The molecule has 64 heavy (non-hydrogen) atoms. The van der Waals surface area contributed by atoms with Crippen molar-refractivity contribution in [1.29, 1.82) is 0 Å². The normalized spacial score (nSPS) is 31.3. The van der Waals surface area contributed by atoms with E-state index in [4.69, 9.17) is 23.7 Å². The second-order valence-corrected chi connectivity index (χ2v) is 17.6. The quantitative estimate of drug-likeness (QED) is 0.128. The molecule has 0 spiro atoms. The first-order valence-electron chi connectivity index (χ1n) is 20.7. The molecule has 0 unspecified atom stereocenters. The molecule has 3 aliphatic carbocycles. The van der Waals surface area contributed by atoms with Gasteiger partial charge in [0, 0.05) is 38.2 Å². The first-order chi connectivity index (χ1) is 30.1. The van der Waals surface area contributed by atoms with Gasteiger partial charge in [-0.3, -0.25) is 19.2 Å². The standard InChI is InChI=1S/C47H49F2NO14/c1-23-31(62-43(58)36(54)35(26-13-9-7-10-14-26)50-41(56)29-18-17-28(48)19-30(29)49)21-47(59)40(63-42(57)27-15-11-8-12-16-27)38-45(6,32(53)20-33-46(38,22-60-33)64-25(3)52)39(55)37(61-24(2)51)34(23)44(47,4)5/h7-19,31-33,35-38,40,53-54,59H,20-22H2,1-6H3,(H,50,56)/t31-,32-,33+,35-,36+,37+,38-,40-,45+,46-,47+/m0/s1. The lowest BCUT2D eigenvalue weighted by atomic mass is 9.44. The Balaban J connectivity index is 1.38. The Morgan fingerprint density at radius 1 is 0.891 bits per heavy atom. The number of ketones is 1. The van der Waals surface area contributed by atoms with Gasteiger partial charge in [0.25, 0.3) is 5.91 Å². The maximum atomic E-state index is 15.5. The molecular weight excluding hydrogens is 841 g/mol. The number of esters is 4. The number of nitrogens with one attached hydrogen (secondary N) is 1. The van der Waals surface area contributed by atoms with Crippen LogP contribution in [0.25, 0.3) is 0 Å². The Labute approximate surface area is 366 Å². The Hall–Kier alpha value is -5.88. The molecule has 1 aliphatic heterocycles. The van der Waals surface area contributed by atoms with Gasteiger partial charge in [-0.1, -0.05) is 62.4 Å². The fraction of sp³-hybridized carbons (Fsp3) is 0.447. The van der Waals surface area contributed by atoms with Crippen molar-refractivity contribution in [2.24, 2.45) is 16.7 Å². The molecule has 0 radical (unpaired) electrons. The molecule has 2 bridgehead atoms. The second kappa shape index (κ2) is 16.9. The third-order valence-corrected chi connectivity index (χ3v) is 13.6. The molecule has 1 amide bonds. The summed E-state index contributed by atoms with van der Waals surface area (Å²) < 4.78 is 58.5. The lowest BCUT2D eigenvalue weighted by Crippen LogP contribution is -2.82. The molecule has 7 rings (SSSR count). The molecule has 340 valence electrons. The minimum Gasteiger partial charge on any atom is -0.456 e. The number of carbonyl (C=O) groups excluding carboxylic acids is 6. The van der Waals surface area contributed by atoms with E-state index in [2.05, 4.69) is 5.32 Å². The van der Waals surface area contributed by atoms with Crippen molar-refractivity contribution >= 4 is 35.6 Å². The van der Waals surface area contributed by atoms with E-state index in [-0.39, 0.29) is 35.3 Å². The molecule has 4 aliphatic rings. The molecule has 15 nitrogen and oxygen atoms in total. The summed E-state index contributed by atoms with van der Waals surface area (Å²) in [5.41, 5.74) is -8.51. The summed E-state index contributed by atoms with van der Waals surface area (Å²) in [4.78, 5) is 83.4.